The monoisotopic (exact) mass is 460 g/mol. The lowest BCUT2D eigenvalue weighted by Crippen LogP contribution is -2.36. The Labute approximate surface area is 184 Å². The third kappa shape index (κ3) is 6.69. The van der Waals surface area contributed by atoms with Crippen LogP contribution in [-0.4, -0.2) is 72.2 Å². The molecule has 0 bridgehead atoms. The number of halogens is 4. The molecule has 1 aliphatic heterocycles. The van der Waals surface area contributed by atoms with E-state index in [1.165, 1.54) is 47.2 Å². The fourth-order valence-corrected chi connectivity index (χ4v) is 3.45. The number of urea groups is 1. The van der Waals surface area contributed by atoms with Gasteiger partial charge in [-0.05, 0) is 6.42 Å². The molecule has 1 aromatic rings. The first-order chi connectivity index (χ1) is 15.0. The normalized spacial score (nSPS) is 18.5. The SMILES string of the molecule is COC(=O)CCC(F)(F)CCCN1C(=O)N(C)C[C@@H]1C=CC(O)C(F)(F)c1ccccc1. The number of carbonyl (C=O) groups is 2. The molecular weight excluding hydrogens is 432 g/mol. The first kappa shape index (κ1) is 25.6. The molecule has 1 aliphatic rings. The standard InChI is InChI=1S/C22H28F4N2O4/c1-27-15-17(9-10-18(29)22(25,26)16-7-4-3-5-8-16)28(20(27)31)14-6-12-21(23,24)13-11-19(30)32-2/h3-5,7-10,17-18,29H,6,11-15H2,1-2H3/t17-,18?/m0/s1. The molecular formula is C22H28F4N2O4. The number of likely N-dealkylation sites (N-methyl/N-ethyl adjacent to an activating group) is 1. The number of esters is 1. The van der Waals surface area contributed by atoms with Crippen molar-refractivity contribution in [3.05, 3.63) is 48.0 Å². The summed E-state index contributed by atoms with van der Waals surface area (Å²) in [7, 11) is 2.64. The van der Waals surface area contributed by atoms with Crippen molar-refractivity contribution in [3.63, 3.8) is 0 Å². The number of carbonyl (C=O) groups excluding carboxylic acids is 2. The van der Waals surface area contributed by atoms with E-state index < -0.39 is 55.3 Å². The molecule has 1 N–H and O–H groups in total. The molecule has 178 valence electrons. The molecule has 6 nitrogen and oxygen atoms in total. The second-order valence-corrected chi connectivity index (χ2v) is 7.78. The largest absolute Gasteiger partial charge is 0.469 e. The van der Waals surface area contributed by atoms with Gasteiger partial charge in [0, 0.05) is 38.5 Å². The lowest BCUT2D eigenvalue weighted by atomic mass is 10.0. The molecule has 0 aromatic heterocycles. The molecule has 1 unspecified atom stereocenters. The lowest BCUT2D eigenvalue weighted by molar-refractivity contribution is -0.143. The van der Waals surface area contributed by atoms with Gasteiger partial charge < -0.3 is 19.6 Å². The molecule has 0 aliphatic carbocycles. The Hall–Kier alpha value is -2.62. The highest BCUT2D eigenvalue weighted by Gasteiger charge is 2.40. The first-order valence-corrected chi connectivity index (χ1v) is 10.2. The van der Waals surface area contributed by atoms with Crippen molar-refractivity contribution in [1.29, 1.82) is 0 Å². The number of alkyl halides is 4. The van der Waals surface area contributed by atoms with Crippen molar-refractivity contribution in [1.82, 2.24) is 9.80 Å². The molecule has 10 heteroatoms. The summed E-state index contributed by atoms with van der Waals surface area (Å²) in [4.78, 5) is 26.1. The number of hydrogen-bond acceptors (Lipinski definition) is 4. The lowest BCUT2D eigenvalue weighted by Gasteiger charge is -2.24. The molecule has 2 rings (SSSR count). The van der Waals surface area contributed by atoms with Gasteiger partial charge in [0.15, 0.2) is 0 Å². The Morgan fingerprint density at radius 3 is 2.53 bits per heavy atom. The maximum absolute atomic E-state index is 14.5. The van der Waals surface area contributed by atoms with Gasteiger partial charge in [-0.3, -0.25) is 4.79 Å². The summed E-state index contributed by atoms with van der Waals surface area (Å²) in [6.07, 6.45) is -1.52. The molecule has 0 saturated carbocycles. The van der Waals surface area contributed by atoms with E-state index in [4.69, 9.17) is 0 Å². The van der Waals surface area contributed by atoms with Crippen molar-refractivity contribution in [2.45, 2.75) is 49.7 Å². The minimum atomic E-state index is -3.53. The average molecular weight is 460 g/mol. The Bertz CT molecular complexity index is 804. The number of ether oxygens (including phenoxy) is 1. The van der Waals surface area contributed by atoms with Crippen molar-refractivity contribution in [2.75, 3.05) is 27.2 Å². The zero-order chi connectivity index (χ0) is 23.9. The van der Waals surface area contributed by atoms with Crippen LogP contribution in [0.15, 0.2) is 42.5 Å². The van der Waals surface area contributed by atoms with Gasteiger partial charge in [0.2, 0.25) is 5.92 Å². The predicted molar refractivity (Wildman–Crippen MR) is 109 cm³/mol. The summed E-state index contributed by atoms with van der Waals surface area (Å²) in [5, 5.41) is 10.0. The highest BCUT2D eigenvalue weighted by molar-refractivity contribution is 5.77. The molecule has 2 atom stereocenters. The van der Waals surface area contributed by atoms with Crippen LogP contribution >= 0.6 is 0 Å². The van der Waals surface area contributed by atoms with Crippen LogP contribution in [0.4, 0.5) is 22.4 Å². The van der Waals surface area contributed by atoms with Crippen molar-refractivity contribution < 1.29 is 37.0 Å². The number of aliphatic hydroxyl groups is 1. The third-order valence-corrected chi connectivity index (χ3v) is 5.34. The highest BCUT2D eigenvalue weighted by atomic mass is 19.3. The molecule has 0 radical (unpaired) electrons. The van der Waals surface area contributed by atoms with Crippen LogP contribution in [0.2, 0.25) is 0 Å². The maximum Gasteiger partial charge on any atom is 0.320 e. The van der Waals surface area contributed by atoms with Gasteiger partial charge in [-0.2, -0.15) is 8.78 Å². The molecule has 0 spiro atoms. The van der Waals surface area contributed by atoms with Crippen molar-refractivity contribution >= 4 is 12.0 Å². The quantitative estimate of drug-likeness (QED) is 0.310. The minimum Gasteiger partial charge on any atom is -0.469 e. The fraction of sp³-hybridized carbons (Fsp3) is 0.545. The molecule has 1 heterocycles. The second kappa shape index (κ2) is 10.8. The summed E-state index contributed by atoms with van der Waals surface area (Å²) in [6.45, 7) is 0.162. The summed E-state index contributed by atoms with van der Waals surface area (Å²) >= 11 is 0. The van der Waals surface area contributed by atoms with E-state index in [-0.39, 0.29) is 25.1 Å². The van der Waals surface area contributed by atoms with Crippen LogP contribution in [0.5, 0.6) is 0 Å². The van der Waals surface area contributed by atoms with E-state index in [9.17, 15) is 32.3 Å². The van der Waals surface area contributed by atoms with Gasteiger partial charge in [-0.15, -0.1) is 0 Å². The zero-order valence-corrected chi connectivity index (χ0v) is 18.0. The highest BCUT2D eigenvalue weighted by Crippen LogP contribution is 2.33. The maximum atomic E-state index is 14.5. The molecule has 1 saturated heterocycles. The van der Waals surface area contributed by atoms with Crippen molar-refractivity contribution in [3.8, 4) is 0 Å². The zero-order valence-electron chi connectivity index (χ0n) is 18.0. The number of rotatable bonds is 11. The van der Waals surface area contributed by atoms with Crippen molar-refractivity contribution in [2.24, 2.45) is 0 Å². The Kier molecular flexibility index (Phi) is 8.65. The van der Waals surface area contributed by atoms with Crippen LogP contribution in [0.25, 0.3) is 0 Å². The number of amides is 2. The van der Waals surface area contributed by atoms with E-state index >= 15 is 0 Å². The Morgan fingerprint density at radius 1 is 1.25 bits per heavy atom. The van der Waals surface area contributed by atoms with Crippen LogP contribution in [-0.2, 0) is 15.5 Å². The van der Waals surface area contributed by atoms with Gasteiger partial charge in [-0.1, -0.05) is 42.5 Å². The van der Waals surface area contributed by atoms with E-state index in [2.05, 4.69) is 4.74 Å². The van der Waals surface area contributed by atoms with Crippen LogP contribution in [0.1, 0.15) is 31.2 Å². The van der Waals surface area contributed by atoms with Crippen LogP contribution in [0, 0.1) is 0 Å². The minimum absolute atomic E-state index is 0.0167. The predicted octanol–water partition coefficient (Wildman–Crippen LogP) is 3.80. The third-order valence-electron chi connectivity index (χ3n) is 5.34. The second-order valence-electron chi connectivity index (χ2n) is 7.78. The molecule has 1 aromatic carbocycles. The van der Waals surface area contributed by atoms with Crippen LogP contribution < -0.4 is 0 Å². The number of hydrogen-bond donors (Lipinski definition) is 1. The van der Waals surface area contributed by atoms with E-state index in [1.807, 2.05) is 0 Å². The number of benzene rings is 1. The Morgan fingerprint density at radius 2 is 1.91 bits per heavy atom. The molecule has 2 amide bonds. The van der Waals surface area contributed by atoms with Gasteiger partial charge in [0.1, 0.15) is 6.10 Å². The first-order valence-electron chi connectivity index (χ1n) is 10.2. The topological polar surface area (TPSA) is 70.1 Å². The van der Waals surface area contributed by atoms with Gasteiger partial charge >= 0.3 is 17.9 Å². The average Bonchev–Trinajstić information content (AvgIpc) is 3.04. The van der Waals surface area contributed by atoms with Gasteiger partial charge in [0.25, 0.3) is 0 Å². The van der Waals surface area contributed by atoms with Gasteiger partial charge in [-0.25, -0.2) is 13.6 Å². The number of aliphatic hydroxyl groups excluding tert-OH is 1. The number of nitrogens with zero attached hydrogens (tertiary/aromatic N) is 2. The Balaban J connectivity index is 1.97. The summed E-state index contributed by atoms with van der Waals surface area (Å²) in [5.74, 6) is -7.35. The van der Waals surface area contributed by atoms with Crippen LogP contribution in [0.3, 0.4) is 0 Å². The summed E-state index contributed by atoms with van der Waals surface area (Å²) in [5.41, 5.74) is -0.345. The van der Waals surface area contributed by atoms with E-state index in [0.29, 0.717) is 0 Å². The molecule has 32 heavy (non-hydrogen) atoms. The fourth-order valence-electron chi connectivity index (χ4n) is 3.45. The number of methoxy groups -OCH3 is 1. The summed E-state index contributed by atoms with van der Waals surface area (Å²) in [6, 6.07) is 5.81. The summed E-state index contributed by atoms with van der Waals surface area (Å²) < 4.78 is 61.2. The van der Waals surface area contributed by atoms with Gasteiger partial charge in [0.05, 0.1) is 19.6 Å². The van der Waals surface area contributed by atoms with E-state index in [0.717, 1.165) is 13.2 Å². The smallest absolute Gasteiger partial charge is 0.320 e. The van der Waals surface area contributed by atoms with E-state index in [1.54, 1.807) is 6.07 Å². The molecule has 1 fully saturated rings.